The number of carbonyl (C=O) groups excluding carboxylic acids is 3. The topological polar surface area (TPSA) is 138 Å². The summed E-state index contributed by atoms with van der Waals surface area (Å²) in [5.41, 5.74) is 1.69. The van der Waals surface area contributed by atoms with E-state index < -0.39 is 21.9 Å². The Labute approximate surface area is 210 Å². The van der Waals surface area contributed by atoms with Crippen LogP contribution in [0.15, 0.2) is 82.7 Å². The standard InChI is InChI=1S/C25H21N3O6S2/c1-2-34-22(29)15-28-20-13-12-19(36(26,32)33)14-21(20)35-25(28)27-24(31)18-10-8-17(9-11-18)23(30)16-6-4-3-5-7-16/h3-14H,2,15H2,1H3,(H2,26,32,33). The summed E-state index contributed by atoms with van der Waals surface area (Å²) < 4.78 is 30.5. The number of ether oxygens (including phenoxy) is 1. The molecule has 0 fully saturated rings. The molecule has 1 aromatic heterocycles. The van der Waals surface area contributed by atoms with Gasteiger partial charge in [-0.2, -0.15) is 4.99 Å². The lowest BCUT2D eigenvalue weighted by molar-refractivity contribution is -0.143. The smallest absolute Gasteiger partial charge is 0.326 e. The van der Waals surface area contributed by atoms with Gasteiger partial charge >= 0.3 is 5.97 Å². The molecule has 0 aliphatic rings. The van der Waals surface area contributed by atoms with Gasteiger partial charge in [0.2, 0.25) is 10.0 Å². The van der Waals surface area contributed by atoms with Crippen molar-refractivity contribution < 1.29 is 27.5 Å². The number of fused-ring (bicyclic) bond motifs is 1. The normalized spacial score (nSPS) is 12.0. The third kappa shape index (κ3) is 5.48. The molecule has 0 unspecified atom stereocenters. The molecule has 0 aliphatic carbocycles. The number of nitrogens with two attached hydrogens (primary N) is 1. The maximum atomic E-state index is 12.9. The molecule has 0 aliphatic heterocycles. The van der Waals surface area contributed by atoms with Gasteiger partial charge in [0.05, 0.1) is 21.7 Å². The van der Waals surface area contributed by atoms with Gasteiger partial charge in [0, 0.05) is 16.7 Å². The van der Waals surface area contributed by atoms with Crippen molar-refractivity contribution in [3.8, 4) is 0 Å². The molecule has 0 radical (unpaired) electrons. The van der Waals surface area contributed by atoms with Crippen molar-refractivity contribution in [3.63, 3.8) is 0 Å². The molecule has 4 aromatic rings. The number of hydrogen-bond acceptors (Lipinski definition) is 7. The van der Waals surface area contributed by atoms with E-state index in [-0.39, 0.29) is 34.2 Å². The number of hydrogen-bond donors (Lipinski definition) is 1. The van der Waals surface area contributed by atoms with Gasteiger partial charge in [-0.15, -0.1) is 0 Å². The lowest BCUT2D eigenvalue weighted by Crippen LogP contribution is -2.23. The fraction of sp³-hybridized carbons (Fsp3) is 0.120. The first-order chi connectivity index (χ1) is 17.2. The summed E-state index contributed by atoms with van der Waals surface area (Å²) in [6.07, 6.45) is 0. The molecule has 0 spiro atoms. The number of carbonyl (C=O) groups is 3. The predicted molar refractivity (Wildman–Crippen MR) is 134 cm³/mol. The second-order valence-electron chi connectivity index (χ2n) is 7.64. The zero-order chi connectivity index (χ0) is 25.9. The zero-order valence-corrected chi connectivity index (χ0v) is 20.7. The molecule has 2 N–H and O–H groups in total. The van der Waals surface area contributed by atoms with Gasteiger partial charge in [-0.25, -0.2) is 13.6 Å². The van der Waals surface area contributed by atoms with Crippen LogP contribution in [0.3, 0.4) is 0 Å². The number of amides is 1. The summed E-state index contributed by atoms with van der Waals surface area (Å²) in [4.78, 5) is 42.0. The average molecular weight is 524 g/mol. The van der Waals surface area contributed by atoms with E-state index in [2.05, 4.69) is 4.99 Å². The lowest BCUT2D eigenvalue weighted by Gasteiger charge is -2.06. The van der Waals surface area contributed by atoms with E-state index in [1.165, 1.54) is 34.9 Å². The van der Waals surface area contributed by atoms with E-state index in [1.54, 1.807) is 43.3 Å². The second-order valence-corrected chi connectivity index (χ2v) is 10.2. The van der Waals surface area contributed by atoms with Gasteiger partial charge in [-0.3, -0.25) is 14.4 Å². The monoisotopic (exact) mass is 523 g/mol. The lowest BCUT2D eigenvalue weighted by atomic mass is 10.0. The number of benzene rings is 3. The SMILES string of the molecule is CCOC(=O)Cn1c(=NC(=O)c2ccc(C(=O)c3ccccc3)cc2)sc2cc(S(N)(=O)=O)ccc21. The Morgan fingerprint density at radius 1 is 0.944 bits per heavy atom. The molecule has 0 saturated heterocycles. The zero-order valence-electron chi connectivity index (χ0n) is 19.1. The van der Waals surface area contributed by atoms with Crippen LogP contribution in [-0.4, -0.2) is 37.3 Å². The van der Waals surface area contributed by atoms with Crippen LogP contribution < -0.4 is 9.94 Å². The largest absolute Gasteiger partial charge is 0.465 e. The van der Waals surface area contributed by atoms with Gasteiger partial charge in [-0.1, -0.05) is 53.8 Å². The molecular formula is C25H21N3O6S2. The minimum absolute atomic E-state index is 0.101. The Balaban J connectivity index is 1.72. The van der Waals surface area contributed by atoms with E-state index in [0.29, 0.717) is 21.3 Å². The summed E-state index contributed by atoms with van der Waals surface area (Å²) in [5.74, 6) is -1.30. The van der Waals surface area contributed by atoms with Gasteiger partial charge < -0.3 is 9.30 Å². The quantitative estimate of drug-likeness (QED) is 0.292. The summed E-state index contributed by atoms with van der Waals surface area (Å²) in [7, 11) is -3.95. The van der Waals surface area contributed by atoms with E-state index >= 15 is 0 Å². The number of esters is 1. The van der Waals surface area contributed by atoms with Crippen molar-refractivity contribution in [1.29, 1.82) is 0 Å². The maximum absolute atomic E-state index is 12.9. The second kappa shape index (κ2) is 10.4. The number of ketones is 1. The summed E-state index contributed by atoms with van der Waals surface area (Å²) >= 11 is 1.04. The molecule has 3 aromatic carbocycles. The van der Waals surface area contributed by atoms with E-state index in [1.807, 2.05) is 6.07 Å². The highest BCUT2D eigenvalue weighted by Crippen LogP contribution is 2.22. The Kier molecular flexibility index (Phi) is 7.25. The van der Waals surface area contributed by atoms with Crippen LogP contribution in [0, 0.1) is 0 Å². The van der Waals surface area contributed by atoms with Crippen molar-refractivity contribution in [1.82, 2.24) is 4.57 Å². The van der Waals surface area contributed by atoms with Crippen LogP contribution >= 0.6 is 11.3 Å². The molecule has 9 nitrogen and oxygen atoms in total. The fourth-order valence-electron chi connectivity index (χ4n) is 3.48. The number of aromatic nitrogens is 1. The van der Waals surface area contributed by atoms with Crippen LogP contribution in [0.2, 0.25) is 0 Å². The predicted octanol–water partition coefficient (Wildman–Crippen LogP) is 2.89. The van der Waals surface area contributed by atoms with Gasteiger partial charge in [0.25, 0.3) is 5.91 Å². The van der Waals surface area contributed by atoms with Crippen LogP contribution in [0.25, 0.3) is 10.2 Å². The Hall–Kier alpha value is -3.93. The van der Waals surface area contributed by atoms with E-state index in [0.717, 1.165) is 11.3 Å². The van der Waals surface area contributed by atoms with Gasteiger partial charge in [0.15, 0.2) is 10.6 Å². The van der Waals surface area contributed by atoms with Crippen molar-refractivity contribution in [2.75, 3.05) is 6.61 Å². The molecular weight excluding hydrogens is 502 g/mol. The highest BCUT2D eigenvalue weighted by molar-refractivity contribution is 7.89. The first-order valence-electron chi connectivity index (χ1n) is 10.8. The van der Waals surface area contributed by atoms with Crippen molar-refractivity contribution in [2.45, 2.75) is 18.4 Å². The molecule has 1 heterocycles. The molecule has 0 atom stereocenters. The van der Waals surface area contributed by atoms with E-state index in [9.17, 15) is 22.8 Å². The molecule has 36 heavy (non-hydrogen) atoms. The van der Waals surface area contributed by atoms with Crippen molar-refractivity contribution in [3.05, 3.63) is 94.3 Å². The van der Waals surface area contributed by atoms with Gasteiger partial charge in [-0.05, 0) is 37.3 Å². The van der Waals surface area contributed by atoms with Crippen LogP contribution in [0.5, 0.6) is 0 Å². The van der Waals surface area contributed by atoms with Crippen molar-refractivity contribution >= 4 is 49.2 Å². The maximum Gasteiger partial charge on any atom is 0.326 e. The van der Waals surface area contributed by atoms with Crippen molar-refractivity contribution in [2.24, 2.45) is 10.1 Å². The van der Waals surface area contributed by atoms with Crippen LogP contribution in [0.4, 0.5) is 0 Å². The molecule has 11 heteroatoms. The van der Waals surface area contributed by atoms with Gasteiger partial charge in [0.1, 0.15) is 6.54 Å². The summed E-state index contributed by atoms with van der Waals surface area (Å²) in [6.45, 7) is 1.63. The minimum Gasteiger partial charge on any atom is -0.465 e. The number of primary sulfonamides is 1. The Bertz CT molecular complexity index is 1640. The third-order valence-corrected chi connectivity index (χ3v) is 7.15. The molecule has 0 bridgehead atoms. The first-order valence-corrected chi connectivity index (χ1v) is 13.1. The van der Waals surface area contributed by atoms with Crippen LogP contribution in [-0.2, 0) is 26.1 Å². The highest BCUT2D eigenvalue weighted by atomic mass is 32.2. The minimum atomic E-state index is -3.95. The molecule has 0 saturated carbocycles. The average Bonchev–Trinajstić information content (AvgIpc) is 3.19. The Morgan fingerprint density at radius 3 is 2.22 bits per heavy atom. The molecule has 1 amide bonds. The first kappa shape index (κ1) is 25.2. The number of nitrogens with zero attached hydrogens (tertiary/aromatic N) is 2. The molecule has 184 valence electrons. The summed E-state index contributed by atoms with van der Waals surface area (Å²) in [6, 6.07) is 19.1. The fourth-order valence-corrected chi connectivity index (χ4v) is 5.16. The summed E-state index contributed by atoms with van der Waals surface area (Å²) in [5, 5.41) is 5.23. The number of sulfonamides is 1. The van der Waals surface area contributed by atoms with E-state index in [4.69, 9.17) is 9.88 Å². The van der Waals surface area contributed by atoms with Crippen LogP contribution in [0.1, 0.15) is 33.2 Å². The number of thiazole rings is 1. The molecule has 4 rings (SSSR count). The number of rotatable bonds is 7. The Morgan fingerprint density at radius 2 is 1.58 bits per heavy atom. The highest BCUT2D eigenvalue weighted by Gasteiger charge is 2.16. The third-order valence-electron chi connectivity index (χ3n) is 5.20.